The van der Waals surface area contributed by atoms with Crippen LogP contribution in [0.2, 0.25) is 0 Å². The first-order valence-electron chi connectivity index (χ1n) is 6.06. The second-order valence-electron chi connectivity index (χ2n) is 4.30. The normalized spacial score (nSPS) is 9.60. The summed E-state index contributed by atoms with van der Waals surface area (Å²) in [6.07, 6.45) is 1.88. The lowest BCUT2D eigenvalue weighted by atomic mass is 10.1. The molecule has 1 aromatic carbocycles. The number of anilines is 1. The summed E-state index contributed by atoms with van der Waals surface area (Å²) in [4.78, 5) is 0. The first-order chi connectivity index (χ1) is 9.69. The molecule has 0 unspecified atom stereocenters. The molecule has 0 atom stereocenters. The van der Waals surface area contributed by atoms with Gasteiger partial charge in [0.1, 0.15) is 23.6 Å². The van der Waals surface area contributed by atoms with Crippen LogP contribution in [0, 0.1) is 22.7 Å². The highest BCUT2D eigenvalue weighted by atomic mass is 16.5. The van der Waals surface area contributed by atoms with Crippen molar-refractivity contribution in [2.24, 2.45) is 7.05 Å². The average Bonchev–Trinajstić information content (AvgIpc) is 2.84. The monoisotopic (exact) mass is 266 g/mol. The van der Waals surface area contributed by atoms with Crippen molar-refractivity contribution in [3.63, 3.8) is 0 Å². The smallest absolute Gasteiger partial charge is 0.143 e. The third kappa shape index (κ3) is 2.57. The number of methoxy groups -OCH3 is 1. The Kier molecular flexibility index (Phi) is 3.93. The predicted molar refractivity (Wildman–Crippen MR) is 75.2 cm³/mol. The van der Waals surface area contributed by atoms with Crippen molar-refractivity contribution in [2.75, 3.05) is 12.4 Å². The van der Waals surface area contributed by atoms with Crippen LogP contribution in [0.1, 0.15) is 16.8 Å². The molecule has 20 heavy (non-hydrogen) atoms. The molecular formula is C15H14N4O. The van der Waals surface area contributed by atoms with Crippen LogP contribution in [0.25, 0.3) is 0 Å². The first-order valence-corrected chi connectivity index (χ1v) is 6.06. The molecule has 0 saturated heterocycles. The number of ether oxygens (including phenoxy) is 1. The molecule has 0 bridgehead atoms. The van der Waals surface area contributed by atoms with Gasteiger partial charge in [0.25, 0.3) is 0 Å². The van der Waals surface area contributed by atoms with Crippen molar-refractivity contribution in [1.82, 2.24) is 4.57 Å². The fraction of sp³-hybridized carbons (Fsp3) is 0.200. The standard InChI is InChI=1S/C15H14N4O/c1-19-10-11(6-13(19)8-17)9-18-15-12(7-16)4-3-5-14(15)20-2/h3-6,10,18H,9H2,1-2H3. The van der Waals surface area contributed by atoms with E-state index >= 15 is 0 Å². The van der Waals surface area contributed by atoms with Crippen LogP contribution in [0.3, 0.4) is 0 Å². The van der Waals surface area contributed by atoms with Crippen LogP contribution < -0.4 is 10.1 Å². The average molecular weight is 266 g/mol. The van der Waals surface area contributed by atoms with E-state index in [-0.39, 0.29) is 0 Å². The maximum absolute atomic E-state index is 9.13. The molecule has 5 nitrogen and oxygen atoms in total. The van der Waals surface area contributed by atoms with Gasteiger partial charge in [0.15, 0.2) is 0 Å². The van der Waals surface area contributed by atoms with Crippen molar-refractivity contribution in [3.05, 3.63) is 47.3 Å². The summed E-state index contributed by atoms with van der Waals surface area (Å²) in [5.41, 5.74) is 2.77. The summed E-state index contributed by atoms with van der Waals surface area (Å²) in [6, 6.07) is 11.4. The molecule has 100 valence electrons. The summed E-state index contributed by atoms with van der Waals surface area (Å²) in [5.74, 6) is 0.625. The summed E-state index contributed by atoms with van der Waals surface area (Å²) in [7, 11) is 3.39. The first kappa shape index (κ1) is 13.5. The van der Waals surface area contributed by atoms with Gasteiger partial charge in [-0.15, -0.1) is 0 Å². The number of para-hydroxylation sites is 1. The topological polar surface area (TPSA) is 73.8 Å². The van der Waals surface area contributed by atoms with E-state index in [1.807, 2.05) is 19.3 Å². The van der Waals surface area contributed by atoms with Gasteiger partial charge in [-0.05, 0) is 23.8 Å². The number of benzene rings is 1. The van der Waals surface area contributed by atoms with E-state index in [1.54, 1.807) is 29.9 Å². The number of hydrogen-bond donors (Lipinski definition) is 1. The Hall–Kier alpha value is -2.92. The molecule has 1 N–H and O–H groups in total. The molecule has 5 heteroatoms. The number of aromatic nitrogens is 1. The summed E-state index contributed by atoms with van der Waals surface area (Å²) in [5, 5.41) is 21.3. The van der Waals surface area contributed by atoms with E-state index in [9.17, 15) is 0 Å². The minimum absolute atomic E-state index is 0.518. The number of aryl methyl sites for hydroxylation is 1. The summed E-state index contributed by atoms with van der Waals surface area (Å²) < 4.78 is 7.02. The Balaban J connectivity index is 2.23. The second kappa shape index (κ2) is 5.81. The Labute approximate surface area is 117 Å². The van der Waals surface area contributed by atoms with Gasteiger partial charge in [0.2, 0.25) is 0 Å². The molecule has 1 aromatic heterocycles. The zero-order valence-electron chi connectivity index (χ0n) is 11.3. The number of rotatable bonds is 4. The van der Waals surface area contributed by atoms with Crippen molar-refractivity contribution in [2.45, 2.75) is 6.54 Å². The van der Waals surface area contributed by atoms with Gasteiger partial charge in [-0.25, -0.2) is 0 Å². The van der Waals surface area contributed by atoms with Crippen molar-refractivity contribution < 1.29 is 4.74 Å². The van der Waals surface area contributed by atoms with Gasteiger partial charge in [-0.3, -0.25) is 0 Å². The van der Waals surface area contributed by atoms with Crippen molar-refractivity contribution >= 4 is 5.69 Å². The summed E-state index contributed by atoms with van der Waals surface area (Å²) in [6.45, 7) is 0.518. The van der Waals surface area contributed by atoms with E-state index in [0.717, 1.165) is 5.56 Å². The molecule has 2 rings (SSSR count). The van der Waals surface area contributed by atoms with Crippen molar-refractivity contribution in [3.8, 4) is 17.9 Å². The van der Waals surface area contributed by atoms with Crippen LogP contribution in [0.4, 0.5) is 5.69 Å². The third-order valence-electron chi connectivity index (χ3n) is 3.01. The lowest BCUT2D eigenvalue weighted by molar-refractivity contribution is 0.416. The number of nitriles is 2. The molecular weight excluding hydrogens is 252 g/mol. The maximum Gasteiger partial charge on any atom is 0.143 e. The quantitative estimate of drug-likeness (QED) is 0.922. The minimum atomic E-state index is 0.518. The molecule has 0 spiro atoms. The number of nitrogens with zero attached hydrogens (tertiary/aromatic N) is 3. The SMILES string of the molecule is COc1cccc(C#N)c1NCc1cc(C#N)n(C)c1. The van der Waals surface area contributed by atoms with Crippen LogP contribution in [-0.4, -0.2) is 11.7 Å². The van der Waals surface area contributed by atoms with E-state index in [1.165, 1.54) is 0 Å². The number of hydrogen-bond acceptors (Lipinski definition) is 4. The predicted octanol–water partition coefficient (Wildman–Crippen LogP) is 2.39. The fourth-order valence-electron chi connectivity index (χ4n) is 2.01. The van der Waals surface area contributed by atoms with Gasteiger partial charge in [-0.2, -0.15) is 10.5 Å². The van der Waals surface area contributed by atoms with Crippen LogP contribution in [0.15, 0.2) is 30.5 Å². The van der Waals surface area contributed by atoms with Crippen LogP contribution in [0.5, 0.6) is 5.75 Å². The van der Waals surface area contributed by atoms with Gasteiger partial charge in [-0.1, -0.05) is 6.07 Å². The van der Waals surface area contributed by atoms with Crippen molar-refractivity contribution in [1.29, 1.82) is 10.5 Å². The largest absolute Gasteiger partial charge is 0.495 e. The van der Waals surface area contributed by atoms with E-state index < -0.39 is 0 Å². The number of nitrogens with one attached hydrogen (secondary N) is 1. The van der Waals surface area contributed by atoms with E-state index in [2.05, 4.69) is 17.5 Å². The molecule has 0 aliphatic heterocycles. The summed E-state index contributed by atoms with van der Waals surface area (Å²) >= 11 is 0. The van der Waals surface area contributed by atoms with Gasteiger partial charge in [0, 0.05) is 19.8 Å². The Bertz CT molecular complexity index is 704. The molecule has 2 aromatic rings. The van der Waals surface area contributed by atoms with Gasteiger partial charge >= 0.3 is 0 Å². The lowest BCUT2D eigenvalue weighted by Crippen LogP contribution is -2.02. The second-order valence-corrected chi connectivity index (χ2v) is 4.30. The highest BCUT2D eigenvalue weighted by molar-refractivity contribution is 5.66. The maximum atomic E-state index is 9.13. The van der Waals surface area contributed by atoms with E-state index in [0.29, 0.717) is 29.2 Å². The molecule has 0 fully saturated rings. The molecule has 0 radical (unpaired) electrons. The van der Waals surface area contributed by atoms with Crippen LogP contribution >= 0.6 is 0 Å². The zero-order valence-corrected chi connectivity index (χ0v) is 11.3. The Morgan fingerprint density at radius 3 is 2.70 bits per heavy atom. The molecule has 0 amide bonds. The van der Waals surface area contributed by atoms with Gasteiger partial charge < -0.3 is 14.6 Å². The minimum Gasteiger partial charge on any atom is -0.495 e. The van der Waals surface area contributed by atoms with Crippen LogP contribution in [-0.2, 0) is 13.6 Å². The van der Waals surface area contributed by atoms with E-state index in [4.69, 9.17) is 15.3 Å². The Morgan fingerprint density at radius 2 is 2.10 bits per heavy atom. The Morgan fingerprint density at radius 1 is 1.30 bits per heavy atom. The molecule has 0 aliphatic rings. The zero-order chi connectivity index (χ0) is 14.5. The highest BCUT2D eigenvalue weighted by Gasteiger charge is 2.09. The highest BCUT2D eigenvalue weighted by Crippen LogP contribution is 2.28. The van der Waals surface area contributed by atoms with Gasteiger partial charge in [0.05, 0.1) is 18.4 Å². The molecule has 1 heterocycles. The molecule has 0 saturated carbocycles. The fourth-order valence-corrected chi connectivity index (χ4v) is 2.01. The lowest BCUT2D eigenvalue weighted by Gasteiger charge is -2.11. The molecule has 0 aliphatic carbocycles. The third-order valence-corrected chi connectivity index (χ3v) is 3.01.